The molecule has 0 spiro atoms. The van der Waals surface area contributed by atoms with Crippen LogP contribution in [0.5, 0.6) is 5.75 Å². The van der Waals surface area contributed by atoms with Crippen molar-refractivity contribution in [3.05, 3.63) is 66.4 Å². The van der Waals surface area contributed by atoms with Gasteiger partial charge in [-0.3, -0.25) is 9.59 Å². The predicted molar refractivity (Wildman–Crippen MR) is 114 cm³/mol. The molecule has 0 bridgehead atoms. The molecule has 0 fully saturated rings. The summed E-state index contributed by atoms with van der Waals surface area (Å²) in [6.07, 6.45) is 4.01. The second-order valence-corrected chi connectivity index (χ2v) is 6.86. The SMILES string of the molecule is C/C(=C\C(=O)Nc1ccccc1OCCCC(=O)O)c1ccc2c(ccn2C)c1. The smallest absolute Gasteiger partial charge is 0.303 e. The number of nitrogens with one attached hydrogen (secondary N) is 1. The van der Waals surface area contributed by atoms with E-state index in [0.29, 0.717) is 17.9 Å². The third kappa shape index (κ3) is 5.25. The van der Waals surface area contributed by atoms with Crippen LogP contribution in [0.3, 0.4) is 0 Å². The zero-order valence-electron chi connectivity index (χ0n) is 16.5. The highest BCUT2D eigenvalue weighted by atomic mass is 16.5. The zero-order chi connectivity index (χ0) is 20.8. The maximum atomic E-state index is 12.5. The largest absolute Gasteiger partial charge is 0.491 e. The van der Waals surface area contributed by atoms with Crippen LogP contribution in [0.15, 0.2) is 60.8 Å². The number of amides is 1. The fraction of sp³-hybridized carbons (Fsp3) is 0.217. The Labute approximate surface area is 169 Å². The topological polar surface area (TPSA) is 80.6 Å². The van der Waals surface area contributed by atoms with E-state index in [1.54, 1.807) is 30.3 Å². The molecule has 0 aliphatic carbocycles. The maximum Gasteiger partial charge on any atom is 0.303 e. The molecule has 0 radical (unpaired) electrons. The number of aliphatic carboxylic acids is 1. The van der Waals surface area contributed by atoms with Gasteiger partial charge in [0.15, 0.2) is 0 Å². The molecule has 0 unspecified atom stereocenters. The van der Waals surface area contributed by atoms with Gasteiger partial charge in [0.25, 0.3) is 0 Å². The Morgan fingerprint density at radius 3 is 2.76 bits per heavy atom. The van der Waals surface area contributed by atoms with E-state index in [1.807, 2.05) is 38.4 Å². The first-order chi connectivity index (χ1) is 13.9. The number of benzene rings is 2. The van der Waals surface area contributed by atoms with Crippen molar-refractivity contribution in [3.63, 3.8) is 0 Å². The summed E-state index contributed by atoms with van der Waals surface area (Å²) in [5.41, 5.74) is 3.53. The van der Waals surface area contributed by atoms with Crippen molar-refractivity contribution in [2.45, 2.75) is 19.8 Å². The van der Waals surface area contributed by atoms with E-state index in [-0.39, 0.29) is 18.9 Å². The summed E-state index contributed by atoms with van der Waals surface area (Å²) in [6, 6.07) is 15.3. The molecular formula is C23H24N2O4. The van der Waals surface area contributed by atoms with Gasteiger partial charge in [0.1, 0.15) is 5.75 Å². The fourth-order valence-electron chi connectivity index (χ4n) is 3.08. The maximum absolute atomic E-state index is 12.5. The first kappa shape index (κ1) is 20.2. The Morgan fingerprint density at radius 2 is 1.97 bits per heavy atom. The summed E-state index contributed by atoms with van der Waals surface area (Å²) in [7, 11) is 2.00. The predicted octanol–water partition coefficient (Wildman–Crippen LogP) is 4.46. The van der Waals surface area contributed by atoms with Crippen LogP contribution in [-0.4, -0.2) is 28.2 Å². The van der Waals surface area contributed by atoms with Crippen LogP contribution >= 0.6 is 0 Å². The van der Waals surface area contributed by atoms with E-state index < -0.39 is 5.97 Å². The van der Waals surface area contributed by atoms with Crippen molar-refractivity contribution in [1.29, 1.82) is 0 Å². The monoisotopic (exact) mass is 392 g/mol. The molecular weight excluding hydrogens is 368 g/mol. The number of carbonyl (C=O) groups excluding carboxylic acids is 1. The van der Waals surface area contributed by atoms with Crippen molar-refractivity contribution in [2.75, 3.05) is 11.9 Å². The standard InChI is InChI=1S/C23H24N2O4/c1-16(17-9-10-20-18(15-17)11-12-25(20)2)14-22(26)24-19-6-3-4-7-21(19)29-13-5-8-23(27)28/h3-4,6-7,9-12,14-15H,5,8,13H2,1-2H3,(H,24,26)(H,27,28)/b16-14+. The van der Waals surface area contributed by atoms with Crippen molar-refractivity contribution < 1.29 is 19.4 Å². The van der Waals surface area contributed by atoms with Crippen LogP contribution in [0, 0.1) is 0 Å². The normalized spacial score (nSPS) is 11.4. The number of anilines is 1. The minimum atomic E-state index is -0.857. The van der Waals surface area contributed by atoms with Crippen LogP contribution in [0.1, 0.15) is 25.3 Å². The lowest BCUT2D eigenvalue weighted by Gasteiger charge is -2.11. The molecule has 1 amide bonds. The summed E-state index contributed by atoms with van der Waals surface area (Å²) in [6.45, 7) is 2.17. The van der Waals surface area contributed by atoms with E-state index in [1.165, 1.54) is 0 Å². The molecule has 3 aromatic rings. The zero-order valence-corrected chi connectivity index (χ0v) is 16.5. The first-order valence-electron chi connectivity index (χ1n) is 9.42. The highest BCUT2D eigenvalue weighted by Gasteiger charge is 2.08. The second kappa shape index (κ2) is 9.10. The molecule has 1 aromatic heterocycles. The van der Waals surface area contributed by atoms with Gasteiger partial charge in [0.05, 0.1) is 12.3 Å². The Kier molecular flexibility index (Phi) is 6.34. The second-order valence-electron chi connectivity index (χ2n) is 6.86. The number of hydrogen-bond donors (Lipinski definition) is 2. The molecule has 0 atom stereocenters. The molecule has 150 valence electrons. The molecule has 6 nitrogen and oxygen atoms in total. The van der Waals surface area contributed by atoms with Gasteiger partial charge in [-0.25, -0.2) is 0 Å². The summed E-state index contributed by atoms with van der Waals surface area (Å²) in [5.74, 6) is -0.593. The van der Waals surface area contributed by atoms with Gasteiger partial charge in [-0.15, -0.1) is 0 Å². The number of fused-ring (bicyclic) bond motifs is 1. The molecule has 1 heterocycles. The summed E-state index contributed by atoms with van der Waals surface area (Å²) < 4.78 is 7.68. The van der Waals surface area contributed by atoms with Crippen molar-refractivity contribution >= 4 is 34.0 Å². The number of carboxylic acid groups (broad SMARTS) is 1. The molecule has 6 heteroatoms. The van der Waals surface area contributed by atoms with E-state index in [2.05, 4.69) is 16.0 Å². The highest BCUT2D eigenvalue weighted by Crippen LogP contribution is 2.25. The van der Waals surface area contributed by atoms with Crippen LogP contribution in [-0.2, 0) is 16.6 Å². The molecule has 0 saturated heterocycles. The minimum Gasteiger partial charge on any atom is -0.491 e. The van der Waals surface area contributed by atoms with Crippen LogP contribution in [0.4, 0.5) is 5.69 Å². The number of nitrogens with zero attached hydrogens (tertiary/aromatic N) is 1. The number of allylic oxidation sites excluding steroid dienone is 1. The number of aromatic nitrogens is 1. The molecule has 29 heavy (non-hydrogen) atoms. The van der Waals surface area contributed by atoms with Gasteiger partial charge < -0.3 is 19.7 Å². The average Bonchev–Trinajstić information content (AvgIpc) is 3.06. The Morgan fingerprint density at radius 1 is 1.17 bits per heavy atom. The molecule has 2 aromatic carbocycles. The molecule has 0 aliphatic rings. The van der Waals surface area contributed by atoms with Crippen LogP contribution in [0.25, 0.3) is 16.5 Å². The minimum absolute atomic E-state index is 0.0439. The highest BCUT2D eigenvalue weighted by molar-refractivity contribution is 6.04. The molecule has 3 rings (SSSR count). The number of ether oxygens (including phenoxy) is 1. The third-order valence-electron chi connectivity index (χ3n) is 4.63. The quantitative estimate of drug-likeness (QED) is 0.438. The van der Waals surface area contributed by atoms with Gasteiger partial charge in [0, 0.05) is 36.6 Å². The van der Waals surface area contributed by atoms with E-state index in [4.69, 9.17) is 9.84 Å². The Bertz CT molecular complexity index is 1070. The number of rotatable bonds is 8. The van der Waals surface area contributed by atoms with E-state index in [0.717, 1.165) is 22.0 Å². The van der Waals surface area contributed by atoms with Crippen molar-refractivity contribution in [1.82, 2.24) is 4.57 Å². The van der Waals surface area contributed by atoms with Gasteiger partial charge >= 0.3 is 5.97 Å². The number of para-hydroxylation sites is 2. The third-order valence-corrected chi connectivity index (χ3v) is 4.63. The molecule has 0 saturated carbocycles. The van der Waals surface area contributed by atoms with Gasteiger partial charge in [-0.1, -0.05) is 18.2 Å². The summed E-state index contributed by atoms with van der Waals surface area (Å²) in [4.78, 5) is 23.1. The molecule has 2 N–H and O–H groups in total. The number of carboxylic acids is 1. The summed E-state index contributed by atoms with van der Waals surface area (Å²) in [5, 5.41) is 12.7. The lowest BCUT2D eigenvalue weighted by Crippen LogP contribution is -2.10. The van der Waals surface area contributed by atoms with Gasteiger partial charge in [0.2, 0.25) is 5.91 Å². The lowest BCUT2D eigenvalue weighted by molar-refractivity contribution is -0.137. The van der Waals surface area contributed by atoms with Crippen LogP contribution in [0.2, 0.25) is 0 Å². The van der Waals surface area contributed by atoms with Gasteiger partial charge in [-0.05, 0) is 54.8 Å². The Hall–Kier alpha value is -3.54. The number of hydrogen-bond acceptors (Lipinski definition) is 3. The number of aryl methyl sites for hydroxylation is 1. The Balaban J connectivity index is 1.68. The number of carbonyl (C=O) groups is 2. The fourth-order valence-corrected chi connectivity index (χ4v) is 3.08. The van der Waals surface area contributed by atoms with E-state index in [9.17, 15) is 9.59 Å². The molecule has 0 aliphatic heterocycles. The summed E-state index contributed by atoms with van der Waals surface area (Å²) >= 11 is 0. The van der Waals surface area contributed by atoms with Gasteiger partial charge in [-0.2, -0.15) is 0 Å². The average molecular weight is 392 g/mol. The van der Waals surface area contributed by atoms with Crippen molar-refractivity contribution in [3.8, 4) is 5.75 Å². The van der Waals surface area contributed by atoms with Crippen molar-refractivity contribution in [2.24, 2.45) is 7.05 Å². The lowest BCUT2D eigenvalue weighted by atomic mass is 10.1. The first-order valence-corrected chi connectivity index (χ1v) is 9.42. The van der Waals surface area contributed by atoms with Crippen LogP contribution < -0.4 is 10.1 Å². The van der Waals surface area contributed by atoms with E-state index >= 15 is 0 Å².